The lowest BCUT2D eigenvalue weighted by Gasteiger charge is -2.21. The minimum absolute atomic E-state index is 0.253. The number of para-hydroxylation sites is 2. The van der Waals surface area contributed by atoms with Gasteiger partial charge in [0.2, 0.25) is 5.60 Å². The summed E-state index contributed by atoms with van der Waals surface area (Å²) in [5, 5.41) is 6.94. The van der Waals surface area contributed by atoms with Crippen LogP contribution in [0, 0.1) is 0 Å². The zero-order chi connectivity index (χ0) is 16.3. The lowest BCUT2D eigenvalue weighted by Crippen LogP contribution is -2.40. The van der Waals surface area contributed by atoms with Gasteiger partial charge in [-0.15, -0.1) is 0 Å². The Morgan fingerprint density at radius 3 is 2.61 bits per heavy atom. The molecule has 118 valence electrons. The van der Waals surface area contributed by atoms with Gasteiger partial charge < -0.3 is 14.9 Å². The Morgan fingerprint density at radius 2 is 1.87 bits per heavy atom. The number of nitrogens with zero attached hydrogens (tertiary/aromatic N) is 1. The van der Waals surface area contributed by atoms with Gasteiger partial charge in [0.05, 0.1) is 18.5 Å². The first-order valence-corrected chi connectivity index (χ1v) is 7.37. The van der Waals surface area contributed by atoms with E-state index in [-0.39, 0.29) is 5.91 Å². The van der Waals surface area contributed by atoms with Crippen molar-refractivity contribution in [3.63, 3.8) is 0 Å². The van der Waals surface area contributed by atoms with E-state index in [0.717, 1.165) is 11.3 Å². The lowest BCUT2D eigenvalue weighted by molar-refractivity contribution is -0.135. The maximum Gasteiger partial charge on any atom is 0.271 e. The second-order valence-corrected chi connectivity index (χ2v) is 5.56. The number of benzene rings is 2. The van der Waals surface area contributed by atoms with Crippen LogP contribution in [0.4, 0.5) is 5.69 Å². The van der Waals surface area contributed by atoms with Crippen LogP contribution in [-0.4, -0.2) is 24.3 Å². The minimum atomic E-state index is -1.04. The van der Waals surface area contributed by atoms with Crippen LogP contribution >= 0.6 is 0 Å². The molecule has 0 unspecified atom stereocenters. The number of methoxy groups -OCH3 is 1. The molecule has 0 saturated heterocycles. The fourth-order valence-corrected chi connectivity index (χ4v) is 2.45. The highest BCUT2D eigenvalue weighted by Crippen LogP contribution is 2.30. The Hall–Kier alpha value is -2.82. The van der Waals surface area contributed by atoms with E-state index in [9.17, 15) is 4.79 Å². The van der Waals surface area contributed by atoms with E-state index < -0.39 is 5.60 Å². The number of amides is 1. The number of carbonyl (C=O) groups excluding carboxylic acids is 1. The summed E-state index contributed by atoms with van der Waals surface area (Å²) in [6, 6.07) is 17.0. The van der Waals surface area contributed by atoms with Gasteiger partial charge in [0, 0.05) is 6.42 Å². The highest BCUT2D eigenvalue weighted by Gasteiger charge is 2.42. The molecule has 0 radical (unpaired) electrons. The monoisotopic (exact) mass is 310 g/mol. The quantitative estimate of drug-likeness (QED) is 0.943. The maximum atomic E-state index is 12.6. The summed E-state index contributed by atoms with van der Waals surface area (Å²) >= 11 is 0. The maximum absolute atomic E-state index is 12.6. The van der Waals surface area contributed by atoms with Gasteiger partial charge in [-0.05, 0) is 24.6 Å². The van der Waals surface area contributed by atoms with Crippen molar-refractivity contribution >= 4 is 17.3 Å². The standard InChI is InChI=1S/C18H18N2O3/c1-18(12-15(20-23-18)13-8-4-3-5-9-13)17(21)19-14-10-6-7-11-16(14)22-2/h3-11H,12H2,1-2H3,(H,19,21)/t18-/m1/s1. The summed E-state index contributed by atoms with van der Waals surface area (Å²) < 4.78 is 5.25. The summed E-state index contributed by atoms with van der Waals surface area (Å²) in [5.41, 5.74) is 1.30. The number of oxime groups is 1. The molecule has 0 aliphatic carbocycles. The molecular formula is C18H18N2O3. The molecule has 2 aromatic rings. The number of ether oxygens (including phenoxy) is 1. The third kappa shape index (κ3) is 3.04. The van der Waals surface area contributed by atoms with Crippen LogP contribution in [0.5, 0.6) is 5.75 Å². The van der Waals surface area contributed by atoms with E-state index in [0.29, 0.717) is 17.9 Å². The number of carbonyl (C=O) groups is 1. The van der Waals surface area contributed by atoms with E-state index in [2.05, 4.69) is 10.5 Å². The zero-order valence-corrected chi connectivity index (χ0v) is 13.1. The van der Waals surface area contributed by atoms with Crippen molar-refractivity contribution in [1.82, 2.24) is 0 Å². The Bertz CT molecular complexity index is 743. The van der Waals surface area contributed by atoms with Crippen molar-refractivity contribution in [3.05, 3.63) is 60.2 Å². The molecule has 1 heterocycles. The molecule has 0 saturated carbocycles. The minimum Gasteiger partial charge on any atom is -0.495 e. The van der Waals surface area contributed by atoms with Crippen molar-refractivity contribution in [1.29, 1.82) is 0 Å². The average molecular weight is 310 g/mol. The molecule has 1 aliphatic heterocycles. The van der Waals surface area contributed by atoms with E-state index in [1.165, 1.54) is 0 Å². The van der Waals surface area contributed by atoms with E-state index in [4.69, 9.17) is 9.57 Å². The van der Waals surface area contributed by atoms with Crippen molar-refractivity contribution in [2.24, 2.45) is 5.16 Å². The van der Waals surface area contributed by atoms with Gasteiger partial charge in [0.15, 0.2) is 0 Å². The Labute approximate surface area is 134 Å². The third-order valence-corrected chi connectivity index (χ3v) is 3.80. The van der Waals surface area contributed by atoms with E-state index in [1.807, 2.05) is 42.5 Å². The highest BCUT2D eigenvalue weighted by molar-refractivity contribution is 6.08. The van der Waals surface area contributed by atoms with Gasteiger partial charge in [-0.3, -0.25) is 4.79 Å². The van der Waals surface area contributed by atoms with Gasteiger partial charge in [-0.2, -0.15) is 0 Å². The molecule has 23 heavy (non-hydrogen) atoms. The highest BCUT2D eigenvalue weighted by atomic mass is 16.7. The predicted octanol–water partition coefficient (Wildman–Crippen LogP) is 3.22. The lowest BCUT2D eigenvalue weighted by atomic mass is 9.95. The van der Waals surface area contributed by atoms with Gasteiger partial charge in [0.25, 0.3) is 5.91 Å². The van der Waals surface area contributed by atoms with Gasteiger partial charge in [-0.1, -0.05) is 47.6 Å². The molecule has 0 aromatic heterocycles. The van der Waals surface area contributed by atoms with Gasteiger partial charge in [-0.25, -0.2) is 0 Å². The van der Waals surface area contributed by atoms with Crippen LogP contribution in [-0.2, 0) is 9.63 Å². The molecule has 5 heteroatoms. The number of anilines is 1. The van der Waals surface area contributed by atoms with E-state index >= 15 is 0 Å². The second-order valence-electron chi connectivity index (χ2n) is 5.56. The zero-order valence-electron chi connectivity index (χ0n) is 13.1. The first-order chi connectivity index (χ1) is 11.1. The van der Waals surface area contributed by atoms with Gasteiger partial charge >= 0.3 is 0 Å². The van der Waals surface area contributed by atoms with Crippen LogP contribution in [0.2, 0.25) is 0 Å². The summed E-state index contributed by atoms with van der Waals surface area (Å²) in [6.45, 7) is 1.73. The van der Waals surface area contributed by atoms with Crippen molar-refractivity contribution < 1.29 is 14.4 Å². The Morgan fingerprint density at radius 1 is 1.17 bits per heavy atom. The number of hydrogen-bond donors (Lipinski definition) is 1. The average Bonchev–Trinajstić information content (AvgIpc) is 3.00. The van der Waals surface area contributed by atoms with Gasteiger partial charge in [0.1, 0.15) is 5.75 Å². The number of rotatable bonds is 4. The third-order valence-electron chi connectivity index (χ3n) is 3.80. The molecule has 0 fully saturated rings. The van der Waals surface area contributed by atoms with Crippen LogP contribution in [0.25, 0.3) is 0 Å². The number of nitrogens with one attached hydrogen (secondary N) is 1. The Kier molecular flexibility index (Phi) is 4.02. The predicted molar refractivity (Wildman–Crippen MR) is 88.7 cm³/mol. The summed E-state index contributed by atoms with van der Waals surface area (Å²) in [5.74, 6) is 0.350. The molecule has 2 aromatic carbocycles. The SMILES string of the molecule is COc1ccccc1NC(=O)[C@@]1(C)CC(c2ccccc2)=NO1. The van der Waals surface area contributed by atoms with Crippen LogP contribution in [0.1, 0.15) is 18.9 Å². The van der Waals surface area contributed by atoms with Crippen molar-refractivity contribution in [2.45, 2.75) is 18.9 Å². The molecule has 5 nitrogen and oxygen atoms in total. The summed E-state index contributed by atoms with van der Waals surface area (Å²) in [6.07, 6.45) is 0.415. The van der Waals surface area contributed by atoms with E-state index in [1.54, 1.807) is 26.2 Å². The summed E-state index contributed by atoms with van der Waals surface area (Å²) in [7, 11) is 1.56. The van der Waals surface area contributed by atoms with Crippen molar-refractivity contribution in [2.75, 3.05) is 12.4 Å². The molecular weight excluding hydrogens is 292 g/mol. The fourth-order valence-electron chi connectivity index (χ4n) is 2.45. The summed E-state index contributed by atoms with van der Waals surface area (Å²) in [4.78, 5) is 18.1. The molecule has 1 atom stereocenters. The first kappa shape index (κ1) is 15.1. The topological polar surface area (TPSA) is 59.9 Å². The normalized spacial score (nSPS) is 19.7. The van der Waals surface area contributed by atoms with Crippen LogP contribution < -0.4 is 10.1 Å². The molecule has 0 bridgehead atoms. The number of hydrogen-bond acceptors (Lipinski definition) is 4. The molecule has 3 rings (SSSR count). The van der Waals surface area contributed by atoms with Crippen LogP contribution in [0.3, 0.4) is 0 Å². The first-order valence-electron chi connectivity index (χ1n) is 7.37. The van der Waals surface area contributed by atoms with Crippen LogP contribution in [0.15, 0.2) is 59.8 Å². The Balaban J connectivity index is 1.74. The molecule has 1 N–H and O–H groups in total. The second kappa shape index (κ2) is 6.12. The molecule has 1 aliphatic rings. The largest absolute Gasteiger partial charge is 0.495 e. The smallest absolute Gasteiger partial charge is 0.271 e. The molecule has 1 amide bonds. The fraction of sp³-hybridized carbons (Fsp3) is 0.222. The molecule has 0 spiro atoms. The van der Waals surface area contributed by atoms with Crippen molar-refractivity contribution in [3.8, 4) is 5.75 Å².